The van der Waals surface area contributed by atoms with Crippen LogP contribution in [0.2, 0.25) is 0 Å². The molecule has 0 bridgehead atoms. The molecule has 92 valence electrons. The van der Waals surface area contributed by atoms with Crippen LogP contribution >= 0.6 is 0 Å². The minimum atomic E-state index is -0.169. The van der Waals surface area contributed by atoms with E-state index >= 15 is 0 Å². The van der Waals surface area contributed by atoms with Gasteiger partial charge in [-0.05, 0) is 37.1 Å². The third kappa shape index (κ3) is 2.58. The molecule has 0 radical (unpaired) electrons. The van der Waals surface area contributed by atoms with Gasteiger partial charge in [0, 0.05) is 12.2 Å². The topological polar surface area (TPSA) is 52.6 Å². The summed E-state index contributed by atoms with van der Waals surface area (Å²) in [5.41, 5.74) is 3.50. The molecular weight excluding hydrogens is 216 g/mol. The van der Waals surface area contributed by atoms with Crippen molar-refractivity contribution >= 4 is 11.6 Å². The lowest BCUT2D eigenvalue weighted by atomic mass is 10.1. The number of hydrogen-bond acceptors (Lipinski definition) is 3. The Bertz CT molecular complexity index is 431. The van der Waals surface area contributed by atoms with E-state index in [9.17, 15) is 4.79 Å². The molecule has 0 aromatic heterocycles. The number of carbonyl (C=O) groups is 1. The number of benzene rings is 1. The second-order valence-corrected chi connectivity index (χ2v) is 4.60. The molecule has 2 rings (SSSR count). The van der Waals surface area contributed by atoms with E-state index in [1.54, 1.807) is 0 Å². The fourth-order valence-electron chi connectivity index (χ4n) is 2.05. The number of aliphatic hydroxyl groups is 1. The lowest BCUT2D eigenvalue weighted by Gasteiger charge is -2.34. The first-order valence-corrected chi connectivity index (χ1v) is 5.82. The molecule has 0 saturated carbocycles. The second-order valence-electron chi connectivity index (χ2n) is 4.60. The number of anilines is 1. The summed E-state index contributed by atoms with van der Waals surface area (Å²) < 4.78 is 0. The first-order valence-electron chi connectivity index (χ1n) is 5.82. The van der Waals surface area contributed by atoms with E-state index < -0.39 is 0 Å². The van der Waals surface area contributed by atoms with Crippen LogP contribution in [0.15, 0.2) is 18.2 Å². The molecule has 1 atom stereocenters. The Morgan fingerprint density at radius 2 is 2.18 bits per heavy atom. The number of aryl methyl sites for hydroxylation is 2. The van der Waals surface area contributed by atoms with E-state index in [0.29, 0.717) is 13.1 Å². The number of piperazine rings is 1. The Kier molecular flexibility index (Phi) is 3.33. The van der Waals surface area contributed by atoms with Gasteiger partial charge in [-0.25, -0.2) is 0 Å². The number of carbonyl (C=O) groups excluding carboxylic acids is 1. The van der Waals surface area contributed by atoms with Gasteiger partial charge < -0.3 is 15.3 Å². The summed E-state index contributed by atoms with van der Waals surface area (Å²) in [6.07, 6.45) is 0. The first kappa shape index (κ1) is 11.9. The van der Waals surface area contributed by atoms with E-state index in [2.05, 4.69) is 31.3 Å². The molecule has 1 heterocycles. The van der Waals surface area contributed by atoms with Crippen LogP contribution in [0, 0.1) is 13.8 Å². The third-order valence-electron chi connectivity index (χ3n) is 3.22. The van der Waals surface area contributed by atoms with Crippen molar-refractivity contribution in [2.45, 2.75) is 19.9 Å². The molecule has 0 aliphatic carbocycles. The average molecular weight is 234 g/mol. The number of amides is 1. The highest BCUT2D eigenvalue weighted by Crippen LogP contribution is 2.20. The van der Waals surface area contributed by atoms with Crippen LogP contribution in [0.5, 0.6) is 0 Å². The monoisotopic (exact) mass is 234 g/mol. The summed E-state index contributed by atoms with van der Waals surface area (Å²) in [5, 5.41) is 11.9. The number of nitrogens with zero attached hydrogens (tertiary/aromatic N) is 1. The van der Waals surface area contributed by atoms with Gasteiger partial charge in [-0.3, -0.25) is 4.79 Å². The third-order valence-corrected chi connectivity index (χ3v) is 3.22. The fourth-order valence-corrected chi connectivity index (χ4v) is 2.05. The van der Waals surface area contributed by atoms with Gasteiger partial charge in [-0.1, -0.05) is 6.07 Å². The standard InChI is InChI=1S/C13H18N2O2/c1-9-3-4-12(5-10(9)2)15-6-11(8-16)14-13(17)7-15/h3-5,11,16H,6-8H2,1-2H3,(H,14,17). The Hall–Kier alpha value is -1.55. The van der Waals surface area contributed by atoms with E-state index in [4.69, 9.17) is 5.11 Å². The minimum Gasteiger partial charge on any atom is -0.394 e. The molecule has 1 amide bonds. The highest BCUT2D eigenvalue weighted by atomic mass is 16.3. The molecular formula is C13H18N2O2. The van der Waals surface area contributed by atoms with Gasteiger partial charge in [0.25, 0.3) is 0 Å². The molecule has 1 fully saturated rings. The summed E-state index contributed by atoms with van der Waals surface area (Å²) in [4.78, 5) is 13.5. The van der Waals surface area contributed by atoms with Crippen LogP contribution < -0.4 is 10.2 Å². The van der Waals surface area contributed by atoms with Crippen molar-refractivity contribution in [1.29, 1.82) is 0 Å². The predicted molar refractivity (Wildman–Crippen MR) is 67.1 cm³/mol. The van der Waals surface area contributed by atoms with Crippen LogP contribution in [0.3, 0.4) is 0 Å². The van der Waals surface area contributed by atoms with Crippen molar-refractivity contribution < 1.29 is 9.90 Å². The van der Waals surface area contributed by atoms with Crippen molar-refractivity contribution in [3.8, 4) is 0 Å². The molecule has 0 spiro atoms. The number of hydrogen-bond donors (Lipinski definition) is 2. The molecule has 1 aliphatic rings. The van der Waals surface area contributed by atoms with Crippen molar-refractivity contribution in [3.05, 3.63) is 29.3 Å². The van der Waals surface area contributed by atoms with E-state index in [-0.39, 0.29) is 18.6 Å². The van der Waals surface area contributed by atoms with Crippen LogP contribution in [0.25, 0.3) is 0 Å². The van der Waals surface area contributed by atoms with Gasteiger partial charge >= 0.3 is 0 Å². The maximum Gasteiger partial charge on any atom is 0.239 e. The van der Waals surface area contributed by atoms with Gasteiger partial charge in [-0.15, -0.1) is 0 Å². The Labute approximate surface area is 101 Å². The van der Waals surface area contributed by atoms with Crippen molar-refractivity contribution in [1.82, 2.24) is 5.32 Å². The summed E-state index contributed by atoms with van der Waals surface area (Å²) in [7, 11) is 0. The number of aliphatic hydroxyl groups excluding tert-OH is 1. The zero-order chi connectivity index (χ0) is 12.4. The largest absolute Gasteiger partial charge is 0.394 e. The SMILES string of the molecule is Cc1ccc(N2CC(=O)NC(CO)C2)cc1C. The maximum absolute atomic E-state index is 11.5. The van der Waals surface area contributed by atoms with E-state index in [0.717, 1.165) is 5.69 Å². The van der Waals surface area contributed by atoms with Gasteiger partial charge in [0.2, 0.25) is 5.91 Å². The molecule has 4 nitrogen and oxygen atoms in total. The second kappa shape index (κ2) is 4.75. The van der Waals surface area contributed by atoms with Gasteiger partial charge in [0.1, 0.15) is 0 Å². The molecule has 1 aliphatic heterocycles. The normalized spacial score (nSPS) is 20.3. The molecule has 1 aromatic carbocycles. The predicted octanol–water partition coefficient (Wildman–Crippen LogP) is 0.601. The van der Waals surface area contributed by atoms with Gasteiger partial charge in [-0.2, -0.15) is 0 Å². The van der Waals surface area contributed by atoms with Gasteiger partial charge in [0.15, 0.2) is 0 Å². The summed E-state index contributed by atoms with van der Waals surface area (Å²) in [5.74, 6) is -0.0338. The lowest BCUT2D eigenvalue weighted by Crippen LogP contribution is -2.55. The van der Waals surface area contributed by atoms with Crippen molar-refractivity contribution in [3.63, 3.8) is 0 Å². The lowest BCUT2D eigenvalue weighted by molar-refractivity contribution is -0.121. The van der Waals surface area contributed by atoms with Crippen molar-refractivity contribution in [2.24, 2.45) is 0 Å². The molecule has 1 aromatic rings. The quantitative estimate of drug-likeness (QED) is 0.788. The zero-order valence-corrected chi connectivity index (χ0v) is 10.2. The van der Waals surface area contributed by atoms with Crippen LogP contribution in [-0.4, -0.2) is 36.8 Å². The minimum absolute atomic E-state index is 0.0208. The van der Waals surface area contributed by atoms with Crippen LogP contribution in [0.4, 0.5) is 5.69 Å². The molecule has 4 heteroatoms. The summed E-state index contributed by atoms with van der Waals surface area (Å²) in [6, 6.07) is 6.00. The number of rotatable bonds is 2. The maximum atomic E-state index is 11.5. The molecule has 1 saturated heterocycles. The molecule has 1 unspecified atom stereocenters. The Morgan fingerprint density at radius 1 is 1.41 bits per heavy atom. The first-order chi connectivity index (χ1) is 8.10. The number of nitrogens with one attached hydrogen (secondary N) is 1. The van der Waals surface area contributed by atoms with Gasteiger partial charge in [0.05, 0.1) is 19.2 Å². The molecule has 17 heavy (non-hydrogen) atoms. The Morgan fingerprint density at radius 3 is 2.82 bits per heavy atom. The van der Waals surface area contributed by atoms with E-state index in [1.807, 2.05) is 11.0 Å². The van der Waals surface area contributed by atoms with Crippen LogP contribution in [-0.2, 0) is 4.79 Å². The highest BCUT2D eigenvalue weighted by molar-refractivity contribution is 5.83. The summed E-state index contributed by atoms with van der Waals surface area (Å²) >= 11 is 0. The van der Waals surface area contributed by atoms with Crippen LogP contribution in [0.1, 0.15) is 11.1 Å². The van der Waals surface area contributed by atoms with E-state index in [1.165, 1.54) is 11.1 Å². The highest BCUT2D eigenvalue weighted by Gasteiger charge is 2.24. The average Bonchev–Trinajstić information content (AvgIpc) is 2.32. The Balaban J connectivity index is 2.20. The fraction of sp³-hybridized carbons (Fsp3) is 0.462. The zero-order valence-electron chi connectivity index (χ0n) is 10.2. The summed E-state index contributed by atoms with van der Waals surface area (Å²) in [6.45, 7) is 5.13. The molecule has 2 N–H and O–H groups in total. The van der Waals surface area contributed by atoms with Crippen molar-refractivity contribution in [2.75, 3.05) is 24.6 Å². The smallest absolute Gasteiger partial charge is 0.239 e.